The van der Waals surface area contributed by atoms with Gasteiger partial charge in [-0.05, 0) is 36.5 Å². The summed E-state index contributed by atoms with van der Waals surface area (Å²) in [6, 6.07) is 14.0. The Balaban J connectivity index is 2.15. The third-order valence-corrected chi connectivity index (χ3v) is 3.13. The molecule has 0 atom stereocenters. The van der Waals surface area contributed by atoms with E-state index in [0.29, 0.717) is 5.69 Å². The summed E-state index contributed by atoms with van der Waals surface area (Å²) in [6.07, 6.45) is 0. The minimum Gasteiger partial charge on any atom is -0.332 e. The molecule has 0 aromatic heterocycles. The van der Waals surface area contributed by atoms with Gasteiger partial charge >= 0.3 is 0 Å². The van der Waals surface area contributed by atoms with Gasteiger partial charge in [-0.1, -0.05) is 34.1 Å². The second-order valence-corrected chi connectivity index (χ2v) is 5.19. The van der Waals surface area contributed by atoms with Gasteiger partial charge in [-0.15, -0.1) is 0 Å². The number of halogens is 1. The highest BCUT2D eigenvalue weighted by Crippen LogP contribution is 2.28. The van der Waals surface area contributed by atoms with Crippen molar-refractivity contribution in [3.8, 4) is 0 Å². The van der Waals surface area contributed by atoms with Crippen LogP contribution in [0.25, 0.3) is 0 Å². The lowest BCUT2D eigenvalue weighted by atomic mass is 10.2. The molecular formula is C13H10BrN3O2S. The number of para-hydroxylation sites is 1. The van der Waals surface area contributed by atoms with E-state index < -0.39 is 4.92 Å². The lowest BCUT2D eigenvalue weighted by Crippen LogP contribution is -2.19. The minimum absolute atomic E-state index is 0.0367. The number of rotatable bonds is 3. The quantitative estimate of drug-likeness (QED) is 0.493. The topological polar surface area (TPSA) is 67.2 Å². The number of nitro benzene ring substituents is 1. The van der Waals surface area contributed by atoms with Crippen LogP contribution in [-0.2, 0) is 0 Å². The highest BCUT2D eigenvalue weighted by Gasteiger charge is 2.14. The van der Waals surface area contributed by atoms with Crippen molar-refractivity contribution in [2.24, 2.45) is 0 Å². The van der Waals surface area contributed by atoms with Crippen LogP contribution >= 0.6 is 28.1 Å². The Bertz CT molecular complexity index is 649. The summed E-state index contributed by atoms with van der Waals surface area (Å²) in [5.41, 5.74) is 1.10. The van der Waals surface area contributed by atoms with E-state index in [1.165, 1.54) is 6.07 Å². The smallest absolute Gasteiger partial charge is 0.292 e. The van der Waals surface area contributed by atoms with Crippen LogP contribution in [0.3, 0.4) is 0 Å². The molecular weight excluding hydrogens is 342 g/mol. The van der Waals surface area contributed by atoms with Crippen LogP contribution in [0, 0.1) is 10.1 Å². The molecule has 0 radical (unpaired) electrons. The summed E-state index contributed by atoms with van der Waals surface area (Å²) >= 11 is 8.42. The number of anilines is 2. The van der Waals surface area contributed by atoms with Crippen molar-refractivity contribution in [3.05, 3.63) is 63.1 Å². The second-order valence-electron chi connectivity index (χ2n) is 3.86. The molecule has 2 aromatic rings. The SMILES string of the molecule is O=[N+]([O-])c1ccc(Br)cc1NC(=S)Nc1ccccc1. The Morgan fingerprint density at radius 2 is 1.85 bits per heavy atom. The molecule has 0 aliphatic rings. The van der Waals surface area contributed by atoms with Crippen molar-refractivity contribution < 1.29 is 4.92 Å². The minimum atomic E-state index is -0.458. The fourth-order valence-electron chi connectivity index (χ4n) is 1.57. The summed E-state index contributed by atoms with van der Waals surface area (Å²) in [6.45, 7) is 0. The van der Waals surface area contributed by atoms with Crippen molar-refractivity contribution >= 4 is 50.3 Å². The molecule has 0 aliphatic heterocycles. The molecule has 0 saturated heterocycles. The first-order chi connectivity index (χ1) is 9.56. The zero-order chi connectivity index (χ0) is 14.5. The average molecular weight is 352 g/mol. The molecule has 5 nitrogen and oxygen atoms in total. The molecule has 2 N–H and O–H groups in total. The van der Waals surface area contributed by atoms with E-state index in [4.69, 9.17) is 12.2 Å². The van der Waals surface area contributed by atoms with Gasteiger partial charge in [0.1, 0.15) is 5.69 Å². The lowest BCUT2D eigenvalue weighted by molar-refractivity contribution is -0.383. The van der Waals surface area contributed by atoms with E-state index in [0.717, 1.165) is 10.2 Å². The zero-order valence-corrected chi connectivity index (χ0v) is 12.6. The number of nitrogens with one attached hydrogen (secondary N) is 2. The fraction of sp³-hybridized carbons (Fsp3) is 0. The van der Waals surface area contributed by atoms with Crippen molar-refractivity contribution in [2.45, 2.75) is 0 Å². The number of benzene rings is 2. The van der Waals surface area contributed by atoms with Gasteiger partial charge in [-0.25, -0.2) is 0 Å². The van der Waals surface area contributed by atoms with Crippen LogP contribution < -0.4 is 10.6 Å². The third kappa shape index (κ3) is 3.75. The monoisotopic (exact) mass is 351 g/mol. The number of thiocarbonyl (C=S) groups is 1. The molecule has 0 amide bonds. The number of hydrogen-bond donors (Lipinski definition) is 2. The van der Waals surface area contributed by atoms with E-state index in [1.54, 1.807) is 12.1 Å². The third-order valence-electron chi connectivity index (χ3n) is 2.44. The van der Waals surface area contributed by atoms with E-state index in [1.807, 2.05) is 30.3 Å². The van der Waals surface area contributed by atoms with Gasteiger partial charge in [0.2, 0.25) is 0 Å². The molecule has 0 aliphatic carbocycles. The van der Waals surface area contributed by atoms with E-state index in [9.17, 15) is 10.1 Å². The summed E-state index contributed by atoms with van der Waals surface area (Å²) < 4.78 is 0.730. The standard InChI is InChI=1S/C13H10BrN3O2S/c14-9-6-7-12(17(18)19)11(8-9)16-13(20)15-10-4-2-1-3-5-10/h1-8H,(H2,15,16,20). The second kappa shape index (κ2) is 6.44. The lowest BCUT2D eigenvalue weighted by Gasteiger charge is -2.11. The van der Waals surface area contributed by atoms with Crippen LogP contribution in [-0.4, -0.2) is 10.0 Å². The van der Waals surface area contributed by atoms with Crippen LogP contribution in [0.5, 0.6) is 0 Å². The van der Waals surface area contributed by atoms with E-state index in [-0.39, 0.29) is 10.8 Å². The van der Waals surface area contributed by atoms with E-state index >= 15 is 0 Å². The number of hydrogen-bond acceptors (Lipinski definition) is 3. The Morgan fingerprint density at radius 1 is 1.15 bits per heavy atom. The van der Waals surface area contributed by atoms with Crippen LogP contribution in [0.15, 0.2) is 53.0 Å². The molecule has 0 fully saturated rings. The van der Waals surface area contributed by atoms with Crippen LogP contribution in [0.4, 0.5) is 17.1 Å². The summed E-state index contributed by atoms with van der Waals surface area (Å²) in [7, 11) is 0. The van der Waals surface area contributed by atoms with Gasteiger partial charge in [0, 0.05) is 16.2 Å². The van der Waals surface area contributed by atoms with Crippen molar-refractivity contribution in [1.82, 2.24) is 0 Å². The Kier molecular flexibility index (Phi) is 4.65. The first kappa shape index (κ1) is 14.4. The highest BCUT2D eigenvalue weighted by atomic mass is 79.9. The maximum Gasteiger partial charge on any atom is 0.292 e. The highest BCUT2D eigenvalue weighted by molar-refractivity contribution is 9.10. The van der Waals surface area contributed by atoms with E-state index in [2.05, 4.69) is 26.6 Å². The summed E-state index contributed by atoms with van der Waals surface area (Å²) in [5.74, 6) is 0. The van der Waals surface area contributed by atoms with Gasteiger partial charge in [-0.2, -0.15) is 0 Å². The normalized spacial score (nSPS) is 9.85. The van der Waals surface area contributed by atoms with Crippen LogP contribution in [0.2, 0.25) is 0 Å². The molecule has 2 aromatic carbocycles. The predicted octanol–water partition coefficient (Wildman–Crippen LogP) is 4.17. The number of nitro groups is 1. The van der Waals surface area contributed by atoms with Crippen molar-refractivity contribution in [3.63, 3.8) is 0 Å². The molecule has 0 saturated carbocycles. The Hall–Kier alpha value is -1.99. The van der Waals surface area contributed by atoms with Crippen molar-refractivity contribution in [1.29, 1.82) is 0 Å². The van der Waals surface area contributed by atoms with Gasteiger partial charge in [0.15, 0.2) is 5.11 Å². The first-order valence-corrected chi connectivity index (χ1v) is 6.83. The molecule has 0 spiro atoms. The molecule has 0 heterocycles. The Morgan fingerprint density at radius 3 is 2.50 bits per heavy atom. The number of nitrogens with zero attached hydrogens (tertiary/aromatic N) is 1. The molecule has 0 bridgehead atoms. The van der Waals surface area contributed by atoms with Crippen LogP contribution in [0.1, 0.15) is 0 Å². The fourth-order valence-corrected chi connectivity index (χ4v) is 2.16. The summed E-state index contributed by atoms with van der Waals surface area (Å²) in [5, 5.41) is 17.0. The van der Waals surface area contributed by atoms with Gasteiger partial charge < -0.3 is 10.6 Å². The van der Waals surface area contributed by atoms with Gasteiger partial charge in [0.05, 0.1) is 4.92 Å². The predicted molar refractivity (Wildman–Crippen MR) is 87.1 cm³/mol. The molecule has 2 rings (SSSR count). The van der Waals surface area contributed by atoms with Crippen molar-refractivity contribution in [2.75, 3.05) is 10.6 Å². The zero-order valence-electron chi connectivity index (χ0n) is 10.2. The Labute approximate surface area is 129 Å². The van der Waals surface area contributed by atoms with Gasteiger partial charge in [0.25, 0.3) is 5.69 Å². The average Bonchev–Trinajstić information content (AvgIpc) is 2.39. The maximum atomic E-state index is 11.0. The first-order valence-electron chi connectivity index (χ1n) is 5.63. The maximum absolute atomic E-state index is 11.0. The molecule has 20 heavy (non-hydrogen) atoms. The molecule has 7 heteroatoms. The largest absolute Gasteiger partial charge is 0.332 e. The molecule has 102 valence electrons. The molecule has 0 unspecified atom stereocenters. The van der Waals surface area contributed by atoms with Gasteiger partial charge in [-0.3, -0.25) is 10.1 Å². The summed E-state index contributed by atoms with van der Waals surface area (Å²) in [4.78, 5) is 10.5.